The van der Waals surface area contributed by atoms with Crippen LogP contribution >= 0.6 is 0 Å². The molecule has 3 rings (SSSR count). The molecule has 0 aliphatic rings. The summed E-state index contributed by atoms with van der Waals surface area (Å²) in [5, 5.41) is 4.24. The average Bonchev–Trinajstić information content (AvgIpc) is 2.91. The second-order valence-electron chi connectivity index (χ2n) is 6.10. The zero-order chi connectivity index (χ0) is 16.9. The topological polar surface area (TPSA) is 48.1 Å². The van der Waals surface area contributed by atoms with Crippen molar-refractivity contribution in [3.8, 4) is 0 Å². The molecule has 2 aromatic carbocycles. The molecule has 0 aliphatic carbocycles. The number of nitrogens with one attached hydrogen (secondary N) is 2. The standard InChI is InChI=1S/C20H23N3O/c1-15-17(18-10-6-7-11-19(18)22-15)12-13-21-20(24)23(2)14-16-8-4-3-5-9-16/h3-11,22H,12-14H2,1-2H3,(H,21,24). The second kappa shape index (κ2) is 7.21. The van der Waals surface area contributed by atoms with Crippen molar-refractivity contribution in [2.75, 3.05) is 13.6 Å². The Morgan fingerprint density at radius 3 is 2.58 bits per heavy atom. The van der Waals surface area contributed by atoms with Gasteiger partial charge in [0.15, 0.2) is 0 Å². The summed E-state index contributed by atoms with van der Waals surface area (Å²) in [7, 11) is 1.82. The van der Waals surface area contributed by atoms with Crippen LogP contribution in [-0.4, -0.2) is 29.5 Å². The van der Waals surface area contributed by atoms with Crippen LogP contribution < -0.4 is 5.32 Å². The van der Waals surface area contributed by atoms with Crippen LogP contribution in [0.2, 0.25) is 0 Å². The molecule has 3 aromatic rings. The first-order valence-electron chi connectivity index (χ1n) is 8.24. The zero-order valence-electron chi connectivity index (χ0n) is 14.2. The van der Waals surface area contributed by atoms with Gasteiger partial charge in [-0.25, -0.2) is 4.79 Å². The Hall–Kier alpha value is -2.75. The van der Waals surface area contributed by atoms with E-state index in [1.807, 2.05) is 49.5 Å². The SMILES string of the molecule is Cc1[nH]c2ccccc2c1CCNC(=O)N(C)Cc1ccccc1. The number of aryl methyl sites for hydroxylation is 1. The van der Waals surface area contributed by atoms with Crippen molar-refractivity contribution in [3.05, 3.63) is 71.4 Å². The van der Waals surface area contributed by atoms with Gasteiger partial charge in [-0.05, 0) is 30.5 Å². The average molecular weight is 321 g/mol. The third kappa shape index (κ3) is 3.59. The van der Waals surface area contributed by atoms with Gasteiger partial charge in [-0.15, -0.1) is 0 Å². The van der Waals surface area contributed by atoms with E-state index in [2.05, 4.69) is 29.4 Å². The quantitative estimate of drug-likeness (QED) is 0.736. The Bertz CT molecular complexity index is 823. The fourth-order valence-electron chi connectivity index (χ4n) is 3.02. The number of fused-ring (bicyclic) bond motifs is 1. The first-order valence-corrected chi connectivity index (χ1v) is 8.24. The van der Waals surface area contributed by atoms with Crippen LogP contribution in [0.15, 0.2) is 54.6 Å². The molecule has 0 fully saturated rings. The maximum Gasteiger partial charge on any atom is 0.317 e. The number of urea groups is 1. The molecule has 0 saturated heterocycles. The molecule has 4 nitrogen and oxygen atoms in total. The largest absolute Gasteiger partial charge is 0.358 e. The van der Waals surface area contributed by atoms with Gasteiger partial charge in [0.2, 0.25) is 0 Å². The monoisotopic (exact) mass is 321 g/mol. The summed E-state index contributed by atoms with van der Waals surface area (Å²) in [6, 6.07) is 18.2. The van der Waals surface area contributed by atoms with E-state index in [-0.39, 0.29) is 6.03 Å². The smallest absolute Gasteiger partial charge is 0.317 e. The van der Waals surface area contributed by atoms with E-state index >= 15 is 0 Å². The molecule has 0 radical (unpaired) electrons. The lowest BCUT2D eigenvalue weighted by Crippen LogP contribution is -2.37. The van der Waals surface area contributed by atoms with Crippen LogP contribution in [0, 0.1) is 6.92 Å². The van der Waals surface area contributed by atoms with Crippen molar-refractivity contribution >= 4 is 16.9 Å². The molecule has 1 aromatic heterocycles. The van der Waals surface area contributed by atoms with E-state index in [1.54, 1.807) is 4.90 Å². The minimum atomic E-state index is -0.0450. The van der Waals surface area contributed by atoms with Crippen LogP contribution in [0.5, 0.6) is 0 Å². The molecule has 0 atom stereocenters. The lowest BCUT2D eigenvalue weighted by atomic mass is 10.1. The molecule has 124 valence electrons. The number of nitrogens with zero attached hydrogens (tertiary/aromatic N) is 1. The fraction of sp³-hybridized carbons (Fsp3) is 0.250. The summed E-state index contributed by atoms with van der Waals surface area (Å²) in [5.41, 5.74) is 4.72. The van der Waals surface area contributed by atoms with Gasteiger partial charge in [-0.3, -0.25) is 0 Å². The van der Waals surface area contributed by atoms with Crippen molar-refractivity contribution in [1.29, 1.82) is 0 Å². The van der Waals surface area contributed by atoms with Gasteiger partial charge in [-0.2, -0.15) is 0 Å². The number of para-hydroxylation sites is 1. The predicted molar refractivity (Wildman–Crippen MR) is 98.0 cm³/mol. The first-order chi connectivity index (χ1) is 11.6. The van der Waals surface area contributed by atoms with Gasteiger partial charge in [0.25, 0.3) is 0 Å². The highest BCUT2D eigenvalue weighted by atomic mass is 16.2. The normalized spacial score (nSPS) is 10.8. The van der Waals surface area contributed by atoms with Crippen molar-refractivity contribution in [2.45, 2.75) is 19.9 Å². The third-order valence-corrected chi connectivity index (χ3v) is 4.29. The third-order valence-electron chi connectivity index (χ3n) is 4.29. The zero-order valence-corrected chi connectivity index (χ0v) is 14.2. The molecule has 2 N–H and O–H groups in total. The lowest BCUT2D eigenvalue weighted by molar-refractivity contribution is 0.207. The van der Waals surface area contributed by atoms with E-state index in [0.717, 1.165) is 17.5 Å². The highest BCUT2D eigenvalue weighted by Crippen LogP contribution is 2.21. The van der Waals surface area contributed by atoms with Crippen molar-refractivity contribution in [2.24, 2.45) is 0 Å². The van der Waals surface area contributed by atoms with Crippen LogP contribution in [0.3, 0.4) is 0 Å². The van der Waals surface area contributed by atoms with Gasteiger partial charge >= 0.3 is 6.03 Å². The summed E-state index contributed by atoms with van der Waals surface area (Å²) in [5.74, 6) is 0. The molecule has 2 amide bonds. The first kappa shape index (κ1) is 16.1. The number of rotatable bonds is 5. The molecule has 1 heterocycles. The molecule has 0 unspecified atom stereocenters. The number of carbonyl (C=O) groups is 1. The minimum Gasteiger partial charge on any atom is -0.358 e. The summed E-state index contributed by atoms with van der Waals surface area (Å²) in [6.45, 7) is 3.32. The van der Waals surface area contributed by atoms with Crippen molar-refractivity contribution in [1.82, 2.24) is 15.2 Å². The maximum absolute atomic E-state index is 12.2. The number of benzene rings is 2. The summed E-state index contributed by atoms with van der Waals surface area (Å²) in [6.07, 6.45) is 0.820. The van der Waals surface area contributed by atoms with Crippen LogP contribution in [0.1, 0.15) is 16.8 Å². The molecule has 4 heteroatoms. The Morgan fingerprint density at radius 2 is 1.79 bits per heavy atom. The summed E-state index contributed by atoms with van der Waals surface area (Å²) in [4.78, 5) is 17.3. The van der Waals surface area contributed by atoms with Gasteiger partial charge in [0, 0.05) is 36.7 Å². The van der Waals surface area contributed by atoms with Gasteiger partial charge in [0.1, 0.15) is 0 Å². The van der Waals surface area contributed by atoms with Crippen LogP contribution in [0.4, 0.5) is 4.79 Å². The number of aromatic nitrogens is 1. The molecule has 0 bridgehead atoms. The number of aromatic amines is 1. The molecule has 0 saturated carbocycles. The Balaban J connectivity index is 1.55. The summed E-state index contributed by atoms with van der Waals surface area (Å²) >= 11 is 0. The van der Waals surface area contributed by atoms with Crippen LogP contribution in [0.25, 0.3) is 10.9 Å². The van der Waals surface area contributed by atoms with Crippen molar-refractivity contribution < 1.29 is 4.79 Å². The van der Waals surface area contributed by atoms with E-state index < -0.39 is 0 Å². The van der Waals surface area contributed by atoms with E-state index in [0.29, 0.717) is 13.1 Å². The molecular formula is C20H23N3O. The van der Waals surface area contributed by atoms with Gasteiger partial charge in [0.05, 0.1) is 0 Å². The molecule has 0 aliphatic heterocycles. The summed E-state index contributed by atoms with van der Waals surface area (Å²) < 4.78 is 0. The maximum atomic E-state index is 12.2. The Kier molecular flexibility index (Phi) is 4.85. The number of H-pyrrole nitrogens is 1. The predicted octanol–water partition coefficient (Wildman–Crippen LogP) is 3.86. The van der Waals surface area contributed by atoms with Gasteiger partial charge in [-0.1, -0.05) is 48.5 Å². The van der Waals surface area contributed by atoms with E-state index in [4.69, 9.17) is 0 Å². The lowest BCUT2D eigenvalue weighted by Gasteiger charge is -2.18. The van der Waals surface area contributed by atoms with E-state index in [9.17, 15) is 4.79 Å². The Morgan fingerprint density at radius 1 is 1.08 bits per heavy atom. The van der Waals surface area contributed by atoms with Crippen molar-refractivity contribution in [3.63, 3.8) is 0 Å². The van der Waals surface area contributed by atoms with Crippen LogP contribution in [-0.2, 0) is 13.0 Å². The van der Waals surface area contributed by atoms with E-state index in [1.165, 1.54) is 16.6 Å². The highest BCUT2D eigenvalue weighted by molar-refractivity contribution is 5.84. The molecule has 0 spiro atoms. The second-order valence-corrected chi connectivity index (χ2v) is 6.10. The molecule has 24 heavy (non-hydrogen) atoms. The number of hydrogen-bond donors (Lipinski definition) is 2. The minimum absolute atomic E-state index is 0.0450. The number of carbonyl (C=O) groups excluding carboxylic acids is 1. The number of amides is 2. The Labute approximate surface area is 142 Å². The fourth-order valence-corrected chi connectivity index (χ4v) is 3.02. The number of hydrogen-bond acceptors (Lipinski definition) is 1. The molecular weight excluding hydrogens is 298 g/mol. The van der Waals surface area contributed by atoms with Gasteiger partial charge < -0.3 is 15.2 Å². The highest BCUT2D eigenvalue weighted by Gasteiger charge is 2.11.